The Morgan fingerprint density at radius 3 is 2.25 bits per heavy atom. The highest BCUT2D eigenvalue weighted by Crippen LogP contribution is 2.40. The summed E-state index contributed by atoms with van der Waals surface area (Å²) in [5.74, 6) is -1.72. The molecule has 0 unspecified atom stereocenters. The van der Waals surface area contributed by atoms with Gasteiger partial charge in [0.25, 0.3) is 0 Å². The van der Waals surface area contributed by atoms with E-state index in [0.717, 1.165) is 0 Å². The topological polar surface area (TPSA) is 77.8 Å². The molecule has 1 aliphatic heterocycles. The lowest BCUT2D eigenvalue weighted by Crippen LogP contribution is -2.45. The van der Waals surface area contributed by atoms with Crippen molar-refractivity contribution in [2.24, 2.45) is 11.8 Å². The van der Waals surface area contributed by atoms with Crippen LogP contribution in [0.3, 0.4) is 0 Å². The molecule has 0 bridgehead atoms. The summed E-state index contributed by atoms with van der Waals surface area (Å²) < 4.78 is 0. The van der Waals surface area contributed by atoms with Gasteiger partial charge >= 0.3 is 5.97 Å². The quantitative estimate of drug-likeness (QED) is 0.700. The van der Waals surface area contributed by atoms with Crippen LogP contribution in [0, 0.1) is 11.8 Å². The fourth-order valence-electron chi connectivity index (χ4n) is 2.18. The van der Waals surface area contributed by atoms with E-state index >= 15 is 0 Å². The maximum Gasteiger partial charge on any atom is 0.307 e. The third-order valence-corrected chi connectivity index (χ3v) is 3.58. The number of nitrogens with zero attached hydrogens (tertiary/aromatic N) is 1. The normalized spacial score (nSPS) is 32.2. The van der Waals surface area contributed by atoms with Gasteiger partial charge in [0.15, 0.2) is 0 Å². The molecule has 16 heavy (non-hydrogen) atoms. The van der Waals surface area contributed by atoms with Crippen LogP contribution < -0.4 is 0 Å². The number of piperidine rings is 1. The van der Waals surface area contributed by atoms with E-state index in [4.69, 9.17) is 5.11 Å². The Kier molecular flexibility index (Phi) is 2.66. The minimum atomic E-state index is -0.873. The van der Waals surface area contributed by atoms with Gasteiger partial charge in [0.05, 0.1) is 17.4 Å². The maximum atomic E-state index is 11.9. The van der Waals surface area contributed by atoms with Gasteiger partial charge < -0.3 is 15.1 Å². The van der Waals surface area contributed by atoms with Gasteiger partial charge in [0.2, 0.25) is 5.91 Å². The number of likely N-dealkylation sites (tertiary alicyclic amines) is 1. The lowest BCUT2D eigenvalue weighted by Gasteiger charge is -2.35. The molecule has 1 amide bonds. The molecule has 1 saturated heterocycles. The number of carbonyl (C=O) groups is 2. The van der Waals surface area contributed by atoms with Crippen molar-refractivity contribution in [1.29, 1.82) is 0 Å². The fourth-order valence-corrected chi connectivity index (χ4v) is 2.18. The maximum absolute atomic E-state index is 11.9. The Balaban J connectivity index is 1.86. The van der Waals surface area contributed by atoms with Crippen LogP contribution in [0.4, 0.5) is 0 Å². The third-order valence-electron chi connectivity index (χ3n) is 3.58. The van der Waals surface area contributed by atoms with E-state index in [1.54, 1.807) is 11.8 Å². The van der Waals surface area contributed by atoms with Gasteiger partial charge in [0, 0.05) is 13.1 Å². The number of aliphatic hydroxyl groups is 1. The molecule has 1 heterocycles. The lowest BCUT2D eigenvalue weighted by molar-refractivity contribution is -0.143. The SMILES string of the molecule is CC1(O)CCN(C(=O)[C@@H]2C[C@@H]2C(=O)O)CC1. The molecular formula is C11H17NO4. The predicted octanol–water partition coefficient (Wildman–Crippen LogP) is 0.0805. The molecule has 2 atom stereocenters. The van der Waals surface area contributed by atoms with E-state index in [9.17, 15) is 14.7 Å². The first-order valence-electron chi connectivity index (χ1n) is 5.65. The molecule has 2 rings (SSSR count). The second-order valence-electron chi connectivity index (χ2n) is 5.11. The Morgan fingerprint density at radius 2 is 1.81 bits per heavy atom. The predicted molar refractivity (Wildman–Crippen MR) is 55.7 cm³/mol. The largest absolute Gasteiger partial charge is 0.481 e. The summed E-state index contributed by atoms with van der Waals surface area (Å²) in [5.41, 5.74) is -0.674. The first-order valence-corrected chi connectivity index (χ1v) is 5.65. The lowest BCUT2D eigenvalue weighted by atomic mass is 9.93. The van der Waals surface area contributed by atoms with E-state index < -0.39 is 17.5 Å². The number of amides is 1. The van der Waals surface area contributed by atoms with Crippen LogP contribution in [0.2, 0.25) is 0 Å². The molecule has 5 heteroatoms. The standard InChI is InChI=1S/C11H17NO4/c1-11(16)2-4-12(5-3-11)9(13)7-6-8(7)10(14)15/h7-8,16H,2-6H2,1H3,(H,14,15)/t7-,8+/m1/s1. The van der Waals surface area contributed by atoms with Crippen molar-refractivity contribution in [3.05, 3.63) is 0 Å². The molecule has 0 aromatic carbocycles. The highest BCUT2D eigenvalue weighted by atomic mass is 16.4. The minimum absolute atomic E-state index is 0.0529. The van der Waals surface area contributed by atoms with Crippen molar-refractivity contribution in [2.75, 3.05) is 13.1 Å². The summed E-state index contributed by atoms with van der Waals surface area (Å²) in [6.07, 6.45) is 1.62. The monoisotopic (exact) mass is 227 g/mol. The minimum Gasteiger partial charge on any atom is -0.481 e. The van der Waals surface area contributed by atoms with Gasteiger partial charge in [-0.3, -0.25) is 9.59 Å². The Morgan fingerprint density at radius 1 is 1.25 bits per heavy atom. The van der Waals surface area contributed by atoms with Crippen LogP contribution in [-0.2, 0) is 9.59 Å². The number of hydrogen-bond acceptors (Lipinski definition) is 3. The molecule has 90 valence electrons. The summed E-state index contributed by atoms with van der Waals surface area (Å²) in [6.45, 7) is 2.84. The van der Waals surface area contributed by atoms with E-state index in [-0.39, 0.29) is 11.8 Å². The second kappa shape index (κ2) is 3.73. The van der Waals surface area contributed by atoms with Crippen LogP contribution in [0.5, 0.6) is 0 Å². The summed E-state index contributed by atoms with van der Waals surface area (Å²) in [5, 5.41) is 18.5. The molecule has 0 radical (unpaired) electrons. The average Bonchev–Trinajstić information content (AvgIpc) is 2.96. The van der Waals surface area contributed by atoms with E-state index in [1.807, 2.05) is 0 Å². The smallest absolute Gasteiger partial charge is 0.307 e. The van der Waals surface area contributed by atoms with Crippen LogP contribution >= 0.6 is 0 Å². The van der Waals surface area contributed by atoms with Crippen LogP contribution in [0.15, 0.2) is 0 Å². The Labute approximate surface area is 94.0 Å². The Bertz CT molecular complexity index is 316. The molecule has 1 aliphatic carbocycles. The molecule has 1 saturated carbocycles. The van der Waals surface area contributed by atoms with Crippen molar-refractivity contribution in [3.63, 3.8) is 0 Å². The van der Waals surface area contributed by atoms with Crippen LogP contribution in [0.25, 0.3) is 0 Å². The number of aliphatic carboxylic acids is 1. The zero-order valence-electron chi connectivity index (χ0n) is 9.35. The third kappa shape index (κ3) is 2.19. The van der Waals surface area contributed by atoms with Gasteiger partial charge in [-0.1, -0.05) is 0 Å². The number of rotatable bonds is 2. The molecule has 2 fully saturated rings. The average molecular weight is 227 g/mol. The van der Waals surface area contributed by atoms with E-state index in [2.05, 4.69) is 0 Å². The van der Waals surface area contributed by atoms with Gasteiger partial charge in [-0.2, -0.15) is 0 Å². The number of carboxylic acid groups (broad SMARTS) is 1. The summed E-state index contributed by atoms with van der Waals surface area (Å²) in [4.78, 5) is 24.2. The van der Waals surface area contributed by atoms with Crippen molar-refractivity contribution >= 4 is 11.9 Å². The van der Waals surface area contributed by atoms with E-state index in [1.165, 1.54) is 0 Å². The molecule has 0 aromatic heterocycles. The molecule has 0 spiro atoms. The molecule has 2 aliphatic rings. The van der Waals surface area contributed by atoms with Gasteiger partial charge in [0.1, 0.15) is 0 Å². The molecule has 5 nitrogen and oxygen atoms in total. The highest BCUT2D eigenvalue weighted by molar-refractivity contribution is 5.89. The number of hydrogen-bond donors (Lipinski definition) is 2. The first-order chi connectivity index (χ1) is 7.41. The number of carbonyl (C=O) groups excluding carboxylic acids is 1. The summed E-state index contributed by atoms with van der Waals surface area (Å²) in [7, 11) is 0. The highest BCUT2D eigenvalue weighted by Gasteiger charge is 2.50. The van der Waals surface area contributed by atoms with Crippen molar-refractivity contribution in [3.8, 4) is 0 Å². The molecular weight excluding hydrogens is 210 g/mol. The second-order valence-corrected chi connectivity index (χ2v) is 5.11. The van der Waals surface area contributed by atoms with Crippen LogP contribution in [0.1, 0.15) is 26.2 Å². The molecule has 2 N–H and O–H groups in total. The number of carboxylic acids is 1. The van der Waals surface area contributed by atoms with Gasteiger partial charge in [-0.25, -0.2) is 0 Å². The first kappa shape index (κ1) is 11.4. The van der Waals surface area contributed by atoms with Crippen molar-refractivity contribution in [1.82, 2.24) is 4.90 Å². The zero-order chi connectivity index (χ0) is 11.9. The van der Waals surface area contributed by atoms with Gasteiger partial charge in [-0.05, 0) is 26.2 Å². The van der Waals surface area contributed by atoms with Crippen LogP contribution in [-0.4, -0.2) is 45.7 Å². The summed E-state index contributed by atoms with van der Waals surface area (Å²) in [6, 6.07) is 0. The van der Waals surface area contributed by atoms with Crippen molar-refractivity contribution in [2.45, 2.75) is 31.8 Å². The van der Waals surface area contributed by atoms with E-state index in [0.29, 0.717) is 32.4 Å². The Hall–Kier alpha value is -1.10. The van der Waals surface area contributed by atoms with Gasteiger partial charge in [-0.15, -0.1) is 0 Å². The summed E-state index contributed by atoms with van der Waals surface area (Å²) >= 11 is 0. The molecule has 0 aromatic rings. The van der Waals surface area contributed by atoms with Crippen molar-refractivity contribution < 1.29 is 19.8 Å². The fraction of sp³-hybridized carbons (Fsp3) is 0.818. The zero-order valence-corrected chi connectivity index (χ0v) is 9.35.